The molecular formula is C11H20N2O4S. The van der Waals surface area contributed by atoms with E-state index in [4.69, 9.17) is 10.00 Å². The molecule has 0 saturated carbocycles. The van der Waals surface area contributed by atoms with E-state index in [1.165, 1.54) is 6.92 Å². The minimum Gasteiger partial charge on any atom is -0.459 e. The quantitative estimate of drug-likeness (QED) is 0.754. The van der Waals surface area contributed by atoms with E-state index in [9.17, 15) is 13.2 Å². The maximum Gasteiger partial charge on any atom is 0.324 e. The Morgan fingerprint density at radius 1 is 1.44 bits per heavy atom. The lowest BCUT2D eigenvalue weighted by Crippen LogP contribution is -2.45. The summed E-state index contributed by atoms with van der Waals surface area (Å²) in [5.41, 5.74) is -0.684. The highest BCUT2D eigenvalue weighted by molar-refractivity contribution is 7.90. The Bertz CT molecular complexity index is 431. The topological polar surface area (TPSA) is 96.3 Å². The molecule has 0 heterocycles. The summed E-state index contributed by atoms with van der Waals surface area (Å²) in [7, 11) is -3.83. The third-order valence-corrected chi connectivity index (χ3v) is 3.86. The highest BCUT2D eigenvalue weighted by Gasteiger charge is 2.30. The van der Waals surface area contributed by atoms with Crippen molar-refractivity contribution in [2.45, 2.75) is 57.9 Å². The molecule has 2 atom stereocenters. The molecule has 7 heteroatoms. The fraction of sp³-hybridized carbons (Fsp3) is 0.818. The lowest BCUT2D eigenvalue weighted by molar-refractivity contribution is -0.156. The SMILES string of the molecule is CCC(C#N)S(=O)(=O)N[C@@H](C)C(=O)OC(C)(C)C. The highest BCUT2D eigenvalue weighted by atomic mass is 32.2. The predicted molar refractivity (Wildman–Crippen MR) is 67.1 cm³/mol. The molecule has 0 radical (unpaired) electrons. The van der Waals surface area contributed by atoms with Crippen LogP contribution in [0.3, 0.4) is 0 Å². The van der Waals surface area contributed by atoms with Crippen molar-refractivity contribution in [1.29, 1.82) is 5.26 Å². The van der Waals surface area contributed by atoms with Crippen molar-refractivity contribution in [3.05, 3.63) is 0 Å². The lowest BCUT2D eigenvalue weighted by atomic mass is 10.2. The van der Waals surface area contributed by atoms with E-state index in [0.29, 0.717) is 0 Å². The van der Waals surface area contributed by atoms with Crippen LogP contribution in [0, 0.1) is 11.3 Å². The standard InChI is InChI=1S/C11H20N2O4S/c1-6-9(7-12)18(15,16)13-8(2)10(14)17-11(3,4)5/h8-9,13H,6H2,1-5H3/t8-,9?/m0/s1. The fourth-order valence-electron chi connectivity index (χ4n) is 1.15. The number of esters is 1. The summed E-state index contributed by atoms with van der Waals surface area (Å²) in [6, 6.07) is 0.665. The summed E-state index contributed by atoms with van der Waals surface area (Å²) >= 11 is 0. The Labute approximate surface area is 108 Å². The Kier molecular flexibility index (Phi) is 5.77. The van der Waals surface area contributed by atoms with E-state index < -0.39 is 32.9 Å². The second-order valence-electron chi connectivity index (χ2n) is 4.94. The van der Waals surface area contributed by atoms with E-state index in [-0.39, 0.29) is 6.42 Å². The van der Waals surface area contributed by atoms with E-state index in [1.807, 2.05) is 0 Å². The van der Waals surface area contributed by atoms with Crippen LogP contribution in [0.2, 0.25) is 0 Å². The number of nitriles is 1. The summed E-state index contributed by atoms with van der Waals surface area (Å²) in [6.45, 7) is 8.05. The van der Waals surface area contributed by atoms with Gasteiger partial charge in [-0.05, 0) is 34.1 Å². The molecule has 0 amide bonds. The minimum absolute atomic E-state index is 0.160. The Balaban J connectivity index is 4.72. The lowest BCUT2D eigenvalue weighted by Gasteiger charge is -2.23. The number of nitrogens with one attached hydrogen (secondary N) is 1. The summed E-state index contributed by atoms with van der Waals surface area (Å²) in [5, 5.41) is 7.55. The van der Waals surface area contributed by atoms with Crippen LogP contribution >= 0.6 is 0 Å². The number of hydrogen-bond donors (Lipinski definition) is 1. The van der Waals surface area contributed by atoms with Gasteiger partial charge in [0, 0.05) is 0 Å². The van der Waals surface area contributed by atoms with Crippen LogP contribution in [0.5, 0.6) is 0 Å². The number of sulfonamides is 1. The molecule has 0 spiro atoms. The van der Waals surface area contributed by atoms with Gasteiger partial charge in [-0.1, -0.05) is 6.92 Å². The van der Waals surface area contributed by atoms with Gasteiger partial charge in [-0.3, -0.25) is 4.79 Å². The summed E-state index contributed by atoms with van der Waals surface area (Å²) in [5.74, 6) is -0.668. The molecule has 1 unspecified atom stereocenters. The normalized spacial score (nSPS) is 15.6. The maximum atomic E-state index is 11.7. The van der Waals surface area contributed by atoms with Gasteiger partial charge in [0.05, 0.1) is 6.07 Å². The zero-order valence-electron chi connectivity index (χ0n) is 11.4. The van der Waals surface area contributed by atoms with Crippen molar-refractivity contribution in [3.8, 4) is 6.07 Å². The molecule has 0 bridgehead atoms. The van der Waals surface area contributed by atoms with E-state index in [0.717, 1.165) is 0 Å². The molecule has 0 aliphatic rings. The zero-order chi connectivity index (χ0) is 14.6. The minimum atomic E-state index is -3.83. The number of carbonyl (C=O) groups is 1. The van der Waals surface area contributed by atoms with Gasteiger partial charge >= 0.3 is 5.97 Å². The average molecular weight is 276 g/mol. The van der Waals surface area contributed by atoms with Crippen LogP contribution in [0.25, 0.3) is 0 Å². The van der Waals surface area contributed by atoms with Crippen LogP contribution in [-0.4, -0.2) is 31.3 Å². The molecule has 0 aromatic heterocycles. The summed E-state index contributed by atoms with van der Waals surface area (Å²) < 4.78 is 30.7. The molecule has 0 saturated heterocycles. The van der Waals surface area contributed by atoms with Crippen molar-refractivity contribution in [1.82, 2.24) is 4.72 Å². The largest absolute Gasteiger partial charge is 0.459 e. The first-order valence-corrected chi connectivity index (χ1v) is 7.21. The second kappa shape index (κ2) is 6.16. The number of carbonyl (C=O) groups excluding carboxylic acids is 1. The highest BCUT2D eigenvalue weighted by Crippen LogP contribution is 2.10. The van der Waals surface area contributed by atoms with E-state index in [1.54, 1.807) is 33.8 Å². The Hall–Kier alpha value is -1.13. The summed E-state index contributed by atoms with van der Waals surface area (Å²) in [4.78, 5) is 11.6. The first-order valence-electron chi connectivity index (χ1n) is 5.67. The van der Waals surface area contributed by atoms with Crippen LogP contribution in [0.15, 0.2) is 0 Å². The van der Waals surface area contributed by atoms with Gasteiger partial charge in [-0.15, -0.1) is 0 Å². The van der Waals surface area contributed by atoms with Gasteiger partial charge < -0.3 is 4.74 Å². The number of hydrogen-bond acceptors (Lipinski definition) is 5. The van der Waals surface area contributed by atoms with E-state index in [2.05, 4.69) is 4.72 Å². The van der Waals surface area contributed by atoms with Crippen LogP contribution in [-0.2, 0) is 19.6 Å². The van der Waals surface area contributed by atoms with Gasteiger partial charge in [0.25, 0.3) is 0 Å². The summed E-state index contributed by atoms with van der Waals surface area (Å²) in [6.07, 6.45) is 0.160. The molecule has 0 aromatic carbocycles. The van der Waals surface area contributed by atoms with Crippen LogP contribution in [0.4, 0.5) is 0 Å². The van der Waals surface area contributed by atoms with E-state index >= 15 is 0 Å². The molecule has 0 aromatic rings. The van der Waals surface area contributed by atoms with Crippen molar-refractivity contribution in [2.75, 3.05) is 0 Å². The zero-order valence-corrected chi connectivity index (χ0v) is 12.2. The van der Waals surface area contributed by atoms with Crippen LogP contribution in [0.1, 0.15) is 41.0 Å². The molecule has 104 valence electrons. The molecule has 0 aliphatic heterocycles. The number of rotatable bonds is 5. The molecule has 18 heavy (non-hydrogen) atoms. The molecular weight excluding hydrogens is 256 g/mol. The first-order chi connectivity index (χ1) is 8.03. The van der Waals surface area contributed by atoms with Gasteiger partial charge in [0.2, 0.25) is 10.0 Å². The smallest absolute Gasteiger partial charge is 0.324 e. The third-order valence-electron chi connectivity index (χ3n) is 1.99. The van der Waals surface area contributed by atoms with Crippen molar-refractivity contribution >= 4 is 16.0 Å². The van der Waals surface area contributed by atoms with Crippen molar-refractivity contribution in [2.24, 2.45) is 0 Å². The molecule has 1 N–H and O–H groups in total. The Morgan fingerprint density at radius 2 is 1.94 bits per heavy atom. The van der Waals surface area contributed by atoms with Crippen molar-refractivity contribution in [3.63, 3.8) is 0 Å². The average Bonchev–Trinajstić information content (AvgIpc) is 2.15. The second-order valence-corrected chi connectivity index (χ2v) is 6.84. The van der Waals surface area contributed by atoms with Gasteiger partial charge in [-0.25, -0.2) is 13.1 Å². The molecule has 0 fully saturated rings. The monoisotopic (exact) mass is 276 g/mol. The van der Waals surface area contributed by atoms with Gasteiger partial charge in [0.1, 0.15) is 11.6 Å². The maximum absolute atomic E-state index is 11.7. The van der Waals surface area contributed by atoms with Gasteiger partial charge in [-0.2, -0.15) is 5.26 Å². The Morgan fingerprint density at radius 3 is 2.28 bits per heavy atom. The predicted octanol–water partition coefficient (Wildman–Crippen LogP) is 0.938. The molecule has 0 aliphatic carbocycles. The number of nitrogens with zero attached hydrogens (tertiary/aromatic N) is 1. The molecule has 6 nitrogen and oxygen atoms in total. The third kappa shape index (κ3) is 5.47. The first kappa shape index (κ1) is 16.9. The van der Waals surface area contributed by atoms with Crippen LogP contribution < -0.4 is 4.72 Å². The van der Waals surface area contributed by atoms with Crippen molar-refractivity contribution < 1.29 is 17.9 Å². The number of ether oxygens (including phenoxy) is 1. The fourth-order valence-corrected chi connectivity index (χ4v) is 2.48. The van der Waals surface area contributed by atoms with Gasteiger partial charge in [0.15, 0.2) is 5.25 Å². The molecule has 0 rings (SSSR count).